The van der Waals surface area contributed by atoms with Crippen LogP contribution in [0.4, 0.5) is 5.69 Å². The van der Waals surface area contributed by atoms with Crippen molar-refractivity contribution in [2.75, 3.05) is 13.6 Å². The van der Waals surface area contributed by atoms with Gasteiger partial charge in [-0.05, 0) is 30.2 Å². The first-order valence-electron chi connectivity index (χ1n) is 8.26. The summed E-state index contributed by atoms with van der Waals surface area (Å²) in [5.41, 5.74) is 1.51. The van der Waals surface area contributed by atoms with Gasteiger partial charge in [0.05, 0.1) is 4.92 Å². The molecule has 1 aromatic carbocycles. The van der Waals surface area contributed by atoms with E-state index in [9.17, 15) is 10.1 Å². The molecule has 1 aliphatic carbocycles. The van der Waals surface area contributed by atoms with Gasteiger partial charge >= 0.3 is 0 Å². The molecule has 2 N–H and O–H groups in total. The average molecular weight is 318 g/mol. The molecule has 1 fully saturated rings. The Hall–Kier alpha value is -2.11. The van der Waals surface area contributed by atoms with Gasteiger partial charge in [0.15, 0.2) is 5.96 Å². The van der Waals surface area contributed by atoms with Gasteiger partial charge in [-0.2, -0.15) is 0 Å². The highest BCUT2D eigenvalue weighted by molar-refractivity contribution is 5.79. The molecule has 1 saturated carbocycles. The molecule has 0 aliphatic heterocycles. The predicted octanol–water partition coefficient (Wildman–Crippen LogP) is 3.23. The first kappa shape index (κ1) is 17.2. The van der Waals surface area contributed by atoms with Gasteiger partial charge in [0.2, 0.25) is 0 Å². The van der Waals surface area contributed by atoms with Crippen molar-refractivity contribution in [1.82, 2.24) is 10.6 Å². The van der Waals surface area contributed by atoms with Crippen molar-refractivity contribution in [2.45, 2.75) is 45.6 Å². The van der Waals surface area contributed by atoms with E-state index in [-0.39, 0.29) is 10.6 Å². The van der Waals surface area contributed by atoms with Crippen molar-refractivity contribution < 1.29 is 4.92 Å². The Bertz CT molecular complexity index is 548. The van der Waals surface area contributed by atoms with Gasteiger partial charge in [-0.1, -0.05) is 31.9 Å². The van der Waals surface area contributed by atoms with E-state index in [0.29, 0.717) is 12.0 Å². The van der Waals surface area contributed by atoms with Crippen molar-refractivity contribution in [2.24, 2.45) is 10.4 Å². The lowest BCUT2D eigenvalue weighted by molar-refractivity contribution is -0.384. The fourth-order valence-corrected chi connectivity index (χ4v) is 3.19. The third kappa shape index (κ3) is 4.68. The quantitative estimate of drug-likeness (QED) is 0.365. The van der Waals surface area contributed by atoms with Crippen LogP contribution < -0.4 is 10.6 Å². The van der Waals surface area contributed by atoms with Crippen LogP contribution in [0.15, 0.2) is 29.3 Å². The van der Waals surface area contributed by atoms with E-state index in [2.05, 4.69) is 22.5 Å². The van der Waals surface area contributed by atoms with E-state index in [1.807, 2.05) is 0 Å². The molecule has 0 spiro atoms. The first-order valence-corrected chi connectivity index (χ1v) is 8.26. The van der Waals surface area contributed by atoms with Crippen LogP contribution in [0.2, 0.25) is 0 Å². The number of aliphatic imine (C=N–C) groups is 1. The molecule has 0 unspecified atom stereocenters. The highest BCUT2D eigenvalue weighted by Crippen LogP contribution is 2.40. The minimum atomic E-state index is -0.385. The van der Waals surface area contributed by atoms with Gasteiger partial charge < -0.3 is 10.6 Å². The Labute approximate surface area is 137 Å². The van der Waals surface area contributed by atoms with Crippen molar-refractivity contribution in [1.29, 1.82) is 0 Å². The van der Waals surface area contributed by atoms with Gasteiger partial charge in [-0.25, -0.2) is 0 Å². The Morgan fingerprint density at radius 1 is 1.26 bits per heavy atom. The molecule has 23 heavy (non-hydrogen) atoms. The van der Waals surface area contributed by atoms with Gasteiger partial charge in [-0.15, -0.1) is 0 Å². The summed E-state index contributed by atoms with van der Waals surface area (Å²) in [7, 11) is 1.76. The van der Waals surface area contributed by atoms with Crippen LogP contribution >= 0.6 is 0 Å². The second-order valence-electron chi connectivity index (χ2n) is 6.26. The number of hydrogen-bond acceptors (Lipinski definition) is 3. The first-order chi connectivity index (χ1) is 11.1. The maximum absolute atomic E-state index is 10.7. The minimum Gasteiger partial charge on any atom is -0.356 e. The smallest absolute Gasteiger partial charge is 0.269 e. The van der Waals surface area contributed by atoms with Crippen molar-refractivity contribution in [3.63, 3.8) is 0 Å². The van der Waals surface area contributed by atoms with E-state index < -0.39 is 0 Å². The van der Waals surface area contributed by atoms with Gasteiger partial charge in [0, 0.05) is 32.3 Å². The molecule has 1 aliphatic rings. The number of non-ortho nitro benzene ring substituents is 1. The molecular formula is C17H26N4O2. The third-order valence-electron chi connectivity index (χ3n) is 4.88. The molecule has 0 saturated heterocycles. The number of rotatable bonds is 6. The lowest BCUT2D eigenvalue weighted by atomic mass is 9.83. The summed E-state index contributed by atoms with van der Waals surface area (Å²) in [6.45, 7) is 3.81. The molecule has 0 bridgehead atoms. The van der Waals surface area contributed by atoms with E-state index in [1.54, 1.807) is 19.2 Å². The van der Waals surface area contributed by atoms with Crippen molar-refractivity contribution in [3.8, 4) is 0 Å². The van der Waals surface area contributed by atoms with E-state index in [4.69, 9.17) is 0 Å². The van der Waals surface area contributed by atoms with Gasteiger partial charge in [-0.3, -0.25) is 15.1 Å². The number of nitro groups is 1. The normalized spacial score (nSPS) is 17.0. The molecule has 6 heteroatoms. The van der Waals surface area contributed by atoms with Crippen LogP contribution in [-0.2, 0) is 6.54 Å². The van der Waals surface area contributed by atoms with Crippen LogP contribution in [0.1, 0.15) is 44.6 Å². The molecule has 126 valence electrons. The van der Waals surface area contributed by atoms with Gasteiger partial charge in [0.1, 0.15) is 0 Å². The van der Waals surface area contributed by atoms with E-state index in [1.165, 1.54) is 44.2 Å². The zero-order chi connectivity index (χ0) is 16.7. The standard InChI is InChI=1S/C17H26N4O2/c1-3-17(10-4-5-11-17)13-20-16(18-2)19-12-14-6-8-15(9-7-14)21(22)23/h6-9H,3-5,10-13H2,1-2H3,(H2,18,19,20). The van der Waals surface area contributed by atoms with E-state index in [0.717, 1.165) is 18.1 Å². The molecule has 0 radical (unpaired) electrons. The van der Waals surface area contributed by atoms with Crippen molar-refractivity contribution in [3.05, 3.63) is 39.9 Å². The fraction of sp³-hybridized carbons (Fsp3) is 0.588. The molecule has 2 rings (SSSR count). The topological polar surface area (TPSA) is 79.6 Å². The van der Waals surface area contributed by atoms with Crippen molar-refractivity contribution >= 4 is 11.6 Å². The number of nitro benzene ring substituents is 1. The zero-order valence-corrected chi connectivity index (χ0v) is 14.0. The molecule has 0 amide bonds. The molecule has 0 heterocycles. The number of hydrogen-bond donors (Lipinski definition) is 2. The van der Waals surface area contributed by atoms with Crippen LogP contribution in [0.25, 0.3) is 0 Å². The summed E-state index contributed by atoms with van der Waals surface area (Å²) in [6.07, 6.45) is 6.42. The fourth-order valence-electron chi connectivity index (χ4n) is 3.19. The molecule has 0 aromatic heterocycles. The summed E-state index contributed by atoms with van der Waals surface area (Å²) in [4.78, 5) is 14.5. The van der Waals surface area contributed by atoms with Crippen LogP contribution in [0, 0.1) is 15.5 Å². The number of benzene rings is 1. The minimum absolute atomic E-state index is 0.113. The van der Waals surface area contributed by atoms with Crippen LogP contribution in [-0.4, -0.2) is 24.5 Å². The summed E-state index contributed by atoms with van der Waals surface area (Å²) in [5, 5.41) is 17.4. The number of nitrogens with zero attached hydrogens (tertiary/aromatic N) is 2. The van der Waals surface area contributed by atoms with Crippen LogP contribution in [0.5, 0.6) is 0 Å². The third-order valence-corrected chi connectivity index (χ3v) is 4.88. The number of nitrogens with one attached hydrogen (secondary N) is 2. The Morgan fingerprint density at radius 3 is 2.43 bits per heavy atom. The summed E-state index contributed by atoms with van der Waals surface area (Å²) < 4.78 is 0. The summed E-state index contributed by atoms with van der Waals surface area (Å²) >= 11 is 0. The monoisotopic (exact) mass is 318 g/mol. The molecule has 0 atom stereocenters. The Balaban J connectivity index is 1.84. The highest BCUT2D eigenvalue weighted by Gasteiger charge is 2.31. The highest BCUT2D eigenvalue weighted by atomic mass is 16.6. The SMILES string of the molecule is CCC1(CNC(=NC)NCc2ccc([N+](=O)[O-])cc2)CCCC1. The second kappa shape index (κ2) is 7.94. The average Bonchev–Trinajstić information content (AvgIpc) is 3.05. The Morgan fingerprint density at radius 2 is 1.91 bits per heavy atom. The molecule has 1 aromatic rings. The summed E-state index contributed by atoms with van der Waals surface area (Å²) in [6, 6.07) is 6.58. The van der Waals surface area contributed by atoms with Gasteiger partial charge in [0.25, 0.3) is 5.69 Å². The zero-order valence-electron chi connectivity index (χ0n) is 14.0. The second-order valence-corrected chi connectivity index (χ2v) is 6.26. The lowest BCUT2D eigenvalue weighted by Crippen LogP contribution is -2.42. The number of guanidine groups is 1. The molecular weight excluding hydrogens is 292 g/mol. The largest absolute Gasteiger partial charge is 0.356 e. The summed E-state index contributed by atoms with van der Waals surface area (Å²) in [5.74, 6) is 0.781. The predicted molar refractivity (Wildman–Crippen MR) is 92.5 cm³/mol. The van der Waals surface area contributed by atoms with E-state index >= 15 is 0 Å². The lowest BCUT2D eigenvalue weighted by Gasteiger charge is -2.28. The van der Waals surface area contributed by atoms with Crippen LogP contribution in [0.3, 0.4) is 0 Å². The Kier molecular flexibility index (Phi) is 5.96. The molecule has 6 nitrogen and oxygen atoms in total. The maximum Gasteiger partial charge on any atom is 0.269 e. The maximum atomic E-state index is 10.7.